The number of fused-ring (bicyclic) bond motifs is 1. The number of carbonyl (C=O) groups excluding carboxylic acids is 1. The van der Waals surface area contributed by atoms with Crippen LogP contribution < -0.4 is 21.3 Å². The maximum atomic E-state index is 12.8. The lowest BCUT2D eigenvalue weighted by Crippen LogP contribution is -2.71. The van der Waals surface area contributed by atoms with Crippen LogP contribution in [0.25, 0.3) is 0 Å². The van der Waals surface area contributed by atoms with Crippen LogP contribution in [0.3, 0.4) is 0 Å². The monoisotopic (exact) mass is 547 g/mol. The van der Waals surface area contributed by atoms with E-state index in [9.17, 15) is 13.2 Å². The molecular weight excluding hydrogens is 502 g/mol. The Morgan fingerprint density at radius 2 is 1.87 bits per heavy atom. The molecule has 0 aromatic carbocycles. The number of nitrogens with zero attached hydrogens (tertiary/aromatic N) is 1. The lowest BCUT2D eigenvalue weighted by atomic mass is 9.71. The molecule has 1 aromatic heterocycles. The summed E-state index contributed by atoms with van der Waals surface area (Å²) in [7, 11) is -3.02. The molecule has 4 saturated heterocycles. The first kappa shape index (κ1) is 28.0. The second-order valence-electron chi connectivity index (χ2n) is 12.3. The second kappa shape index (κ2) is 11.5. The summed E-state index contributed by atoms with van der Waals surface area (Å²) in [5.41, 5.74) is 2.39. The van der Waals surface area contributed by atoms with E-state index >= 15 is 0 Å². The van der Waals surface area contributed by atoms with Crippen molar-refractivity contribution in [2.24, 2.45) is 17.8 Å². The highest BCUT2D eigenvalue weighted by Gasteiger charge is 2.46. The van der Waals surface area contributed by atoms with Gasteiger partial charge in [-0.2, -0.15) is 0 Å². The lowest BCUT2D eigenvalue weighted by molar-refractivity contribution is -0.130. The van der Waals surface area contributed by atoms with Gasteiger partial charge in [-0.15, -0.1) is 0 Å². The fraction of sp³-hybridized carbons (Fsp3) is 0.786. The van der Waals surface area contributed by atoms with Crippen molar-refractivity contribution in [1.82, 2.24) is 26.3 Å². The first-order chi connectivity index (χ1) is 18.1. The average Bonchev–Trinajstić information content (AvgIpc) is 2.88. The van der Waals surface area contributed by atoms with Crippen molar-refractivity contribution in [2.75, 3.05) is 26.2 Å². The summed E-state index contributed by atoms with van der Waals surface area (Å²) in [6.45, 7) is 10.8. The molecule has 212 valence electrons. The molecule has 0 aliphatic carbocycles. The first-order valence-corrected chi connectivity index (χ1v) is 16.0. The molecule has 0 bridgehead atoms. The highest BCUT2D eigenvalue weighted by atomic mass is 32.2. The largest absolute Gasteiger partial charge is 0.375 e. The molecule has 38 heavy (non-hydrogen) atoms. The van der Waals surface area contributed by atoms with Crippen molar-refractivity contribution < 1.29 is 17.9 Å². The van der Waals surface area contributed by atoms with Gasteiger partial charge in [-0.05, 0) is 76.0 Å². The zero-order valence-corrected chi connectivity index (χ0v) is 24.0. The number of rotatable bonds is 6. The Balaban J connectivity index is 1.25. The summed E-state index contributed by atoms with van der Waals surface area (Å²) < 4.78 is 31.3. The molecule has 0 radical (unpaired) electrons. The summed E-state index contributed by atoms with van der Waals surface area (Å²) in [6.07, 6.45) is 6.93. The summed E-state index contributed by atoms with van der Waals surface area (Å²) in [6, 6.07) is 2.35. The minimum absolute atomic E-state index is 0.00526. The Morgan fingerprint density at radius 3 is 2.61 bits per heavy atom. The summed E-state index contributed by atoms with van der Waals surface area (Å²) in [4.78, 5) is 17.2. The predicted octanol–water partition coefficient (Wildman–Crippen LogP) is 1.48. The van der Waals surface area contributed by atoms with Gasteiger partial charge in [0.1, 0.15) is 0 Å². The van der Waals surface area contributed by atoms with Crippen LogP contribution in [0.4, 0.5) is 0 Å². The van der Waals surface area contributed by atoms with E-state index in [2.05, 4.69) is 39.2 Å². The Hall–Kier alpha value is -1.59. The molecule has 1 aromatic rings. The molecule has 5 heterocycles. The maximum absolute atomic E-state index is 12.8. The highest BCUT2D eigenvalue weighted by molar-refractivity contribution is 7.92. The van der Waals surface area contributed by atoms with Crippen LogP contribution in [0.5, 0.6) is 0 Å². The zero-order valence-electron chi connectivity index (χ0n) is 23.2. The van der Waals surface area contributed by atoms with Crippen LogP contribution in [-0.2, 0) is 19.4 Å². The van der Waals surface area contributed by atoms with Crippen LogP contribution in [0.15, 0.2) is 18.5 Å². The van der Waals surface area contributed by atoms with Gasteiger partial charge in [-0.3, -0.25) is 20.4 Å². The van der Waals surface area contributed by atoms with Crippen LogP contribution in [-0.4, -0.2) is 80.4 Å². The third-order valence-electron chi connectivity index (χ3n) is 9.42. The van der Waals surface area contributed by atoms with Crippen molar-refractivity contribution in [3.63, 3.8) is 0 Å². The molecule has 4 aliphatic heterocycles. The van der Waals surface area contributed by atoms with Gasteiger partial charge in [0.15, 0.2) is 9.84 Å². The number of aromatic nitrogens is 1. The number of ether oxygens (including phenoxy) is 1. The average molecular weight is 548 g/mol. The lowest BCUT2D eigenvalue weighted by Gasteiger charge is -2.49. The Bertz CT molecular complexity index is 1080. The molecule has 10 atom stereocenters. The normalized spacial score (nSPS) is 41.2. The second-order valence-corrected chi connectivity index (χ2v) is 15.1. The van der Waals surface area contributed by atoms with Crippen LogP contribution in [0.2, 0.25) is 0 Å². The topological polar surface area (TPSA) is 121 Å². The standard InChI is InChI=1S/C28H45N5O4S/c1-16-7-21(12-30-11-16)23-13-31-27(26-22(23)8-17(2)28(34)33-26)32-24-5-6-29-14-25(24)37-15-20-9-18(3)38(35,36)19(4)10-20/h7,11-12,17-20,22-27,29,31-32H,5-6,8-10,13-15H2,1-4H3,(H,33,34)/t17?,18-,19+,20?,22?,23?,24-,25-,26?,27?/m1/s1. The van der Waals surface area contributed by atoms with Crippen molar-refractivity contribution >= 4 is 15.7 Å². The Kier molecular flexibility index (Phi) is 8.45. The van der Waals surface area contributed by atoms with Crippen LogP contribution >= 0.6 is 0 Å². The number of pyridine rings is 1. The molecule has 4 N–H and O–H groups in total. The van der Waals surface area contributed by atoms with Crippen molar-refractivity contribution in [3.05, 3.63) is 29.6 Å². The molecule has 1 amide bonds. The molecule has 6 unspecified atom stereocenters. The third-order valence-corrected chi connectivity index (χ3v) is 12.0. The number of amides is 1. The van der Waals surface area contributed by atoms with E-state index < -0.39 is 9.84 Å². The van der Waals surface area contributed by atoms with Crippen molar-refractivity contribution in [3.8, 4) is 0 Å². The van der Waals surface area contributed by atoms with Gasteiger partial charge < -0.3 is 15.4 Å². The number of nitrogens with one attached hydrogen (secondary N) is 4. The molecule has 4 aliphatic rings. The number of piperidine rings is 3. The van der Waals surface area contributed by atoms with Gasteiger partial charge in [0.05, 0.1) is 28.8 Å². The van der Waals surface area contributed by atoms with E-state index in [0.717, 1.165) is 38.0 Å². The van der Waals surface area contributed by atoms with Crippen LogP contribution in [0.1, 0.15) is 63.5 Å². The molecule has 9 nitrogen and oxygen atoms in total. The highest BCUT2D eigenvalue weighted by Crippen LogP contribution is 2.38. The molecule has 0 saturated carbocycles. The number of carbonyl (C=O) groups is 1. The minimum atomic E-state index is -3.02. The third kappa shape index (κ3) is 5.80. The Labute approximate surface area is 227 Å². The SMILES string of the molecule is Cc1cncc(C2CNC(N[C@@H]3CCNC[C@H]3OCC3C[C@@H](C)S(=O)(=O)[C@@H](C)C3)C3NC(=O)C(C)CC23)c1. The quantitative estimate of drug-likeness (QED) is 0.423. The van der Waals surface area contributed by atoms with E-state index in [1.165, 1.54) is 5.56 Å². The molecule has 10 heteroatoms. The van der Waals surface area contributed by atoms with E-state index in [-0.39, 0.29) is 52.6 Å². The number of sulfone groups is 1. The van der Waals surface area contributed by atoms with E-state index in [0.29, 0.717) is 31.3 Å². The van der Waals surface area contributed by atoms with Gasteiger partial charge >= 0.3 is 0 Å². The predicted molar refractivity (Wildman–Crippen MR) is 147 cm³/mol. The van der Waals surface area contributed by atoms with Gasteiger partial charge in [-0.1, -0.05) is 13.0 Å². The Morgan fingerprint density at radius 1 is 1.11 bits per heavy atom. The van der Waals surface area contributed by atoms with Crippen molar-refractivity contribution in [1.29, 1.82) is 0 Å². The van der Waals surface area contributed by atoms with E-state index in [1.807, 2.05) is 33.2 Å². The van der Waals surface area contributed by atoms with Gasteiger partial charge in [0, 0.05) is 50.0 Å². The number of aryl methyl sites for hydroxylation is 1. The summed E-state index contributed by atoms with van der Waals surface area (Å²) in [5, 5.41) is 13.7. The van der Waals surface area contributed by atoms with E-state index in [4.69, 9.17) is 4.74 Å². The van der Waals surface area contributed by atoms with Crippen LogP contribution in [0, 0.1) is 24.7 Å². The minimum Gasteiger partial charge on any atom is -0.375 e. The fourth-order valence-corrected chi connectivity index (χ4v) is 9.06. The molecule has 5 rings (SSSR count). The fourth-order valence-electron chi connectivity index (χ4n) is 7.18. The molecule has 0 spiro atoms. The number of hydrogen-bond acceptors (Lipinski definition) is 8. The maximum Gasteiger partial charge on any atom is 0.223 e. The summed E-state index contributed by atoms with van der Waals surface area (Å²) in [5.74, 6) is 0.982. The first-order valence-electron chi connectivity index (χ1n) is 14.4. The zero-order chi connectivity index (χ0) is 27.0. The smallest absolute Gasteiger partial charge is 0.223 e. The van der Waals surface area contributed by atoms with Gasteiger partial charge in [0.25, 0.3) is 0 Å². The molecule has 4 fully saturated rings. The van der Waals surface area contributed by atoms with Gasteiger partial charge in [-0.25, -0.2) is 8.42 Å². The van der Waals surface area contributed by atoms with Crippen molar-refractivity contribution in [2.45, 2.75) is 94.1 Å². The molecular formula is C28H45N5O4S. The number of hydrogen-bond donors (Lipinski definition) is 4. The summed E-state index contributed by atoms with van der Waals surface area (Å²) >= 11 is 0. The van der Waals surface area contributed by atoms with E-state index in [1.54, 1.807) is 0 Å². The van der Waals surface area contributed by atoms with Gasteiger partial charge in [0.2, 0.25) is 5.91 Å².